The molecule has 0 aliphatic heterocycles. The van der Waals surface area contributed by atoms with Crippen molar-refractivity contribution in [2.75, 3.05) is 6.54 Å². The number of hydrogen-bond donors (Lipinski definition) is 0. The Morgan fingerprint density at radius 2 is 1.54 bits per heavy atom. The zero-order valence-corrected chi connectivity index (χ0v) is 8.50. The molecule has 0 atom stereocenters. The average molecular weight is 177 g/mol. The van der Waals surface area contributed by atoms with Crippen LogP contribution in [-0.4, -0.2) is 12.3 Å². The van der Waals surface area contributed by atoms with Crippen molar-refractivity contribution in [3.8, 4) is 0 Å². The molecule has 4 rings (SSSR count). The lowest BCUT2D eigenvalue weighted by Gasteiger charge is -2.50. The third-order valence-electron chi connectivity index (χ3n) is 4.32. The van der Waals surface area contributed by atoms with Crippen molar-refractivity contribution in [2.45, 2.75) is 39.0 Å². The van der Waals surface area contributed by atoms with E-state index in [1.807, 2.05) is 0 Å². The average Bonchev–Trinajstić information content (AvgIpc) is 2.10. The smallest absolute Gasteiger partial charge is 0.0360 e. The Bertz CT molecular complexity index is 212. The Kier molecular flexibility index (Phi) is 1.75. The molecule has 0 unspecified atom stereocenters. The molecule has 0 radical (unpaired) electrons. The fraction of sp³-hybridized carbons (Fsp3) is 0.917. The first kappa shape index (κ1) is 8.02. The molecule has 72 valence electrons. The van der Waals surface area contributed by atoms with E-state index >= 15 is 0 Å². The zero-order chi connectivity index (χ0) is 8.84. The van der Waals surface area contributed by atoms with Gasteiger partial charge in [0.05, 0.1) is 0 Å². The summed E-state index contributed by atoms with van der Waals surface area (Å²) < 4.78 is 0. The van der Waals surface area contributed by atoms with E-state index in [2.05, 4.69) is 6.92 Å². The molecule has 0 spiro atoms. The van der Waals surface area contributed by atoms with Crippen molar-refractivity contribution in [3.05, 3.63) is 0 Å². The summed E-state index contributed by atoms with van der Waals surface area (Å²) in [6.07, 6.45) is 7.46. The monoisotopic (exact) mass is 177 g/mol. The van der Waals surface area contributed by atoms with Gasteiger partial charge in [-0.25, -0.2) is 0 Å². The molecule has 4 bridgehead atoms. The SMILES string of the molecule is CCN=C1C2CC3CC(C2)CC1C3. The third-order valence-corrected chi connectivity index (χ3v) is 4.32. The molecule has 13 heavy (non-hydrogen) atoms. The highest BCUT2D eigenvalue weighted by Gasteiger charge is 2.45. The van der Waals surface area contributed by atoms with Gasteiger partial charge in [-0.3, -0.25) is 4.99 Å². The van der Waals surface area contributed by atoms with Crippen LogP contribution in [0.3, 0.4) is 0 Å². The van der Waals surface area contributed by atoms with Gasteiger partial charge in [-0.15, -0.1) is 0 Å². The molecule has 0 N–H and O–H groups in total. The van der Waals surface area contributed by atoms with E-state index in [4.69, 9.17) is 4.99 Å². The molecule has 4 aliphatic carbocycles. The Hall–Kier alpha value is -0.330. The summed E-state index contributed by atoms with van der Waals surface area (Å²) in [4.78, 5) is 4.74. The summed E-state index contributed by atoms with van der Waals surface area (Å²) in [6.45, 7) is 3.19. The Balaban J connectivity index is 1.89. The van der Waals surface area contributed by atoms with Gasteiger partial charge in [0.15, 0.2) is 0 Å². The summed E-state index contributed by atoms with van der Waals surface area (Å²) in [5, 5.41) is 0. The quantitative estimate of drug-likeness (QED) is 0.584. The van der Waals surface area contributed by atoms with Gasteiger partial charge in [-0.05, 0) is 62.7 Å². The third kappa shape index (κ3) is 1.16. The molecule has 0 aromatic heterocycles. The lowest BCUT2D eigenvalue weighted by molar-refractivity contribution is 0.108. The van der Waals surface area contributed by atoms with E-state index in [1.165, 1.54) is 25.7 Å². The zero-order valence-electron chi connectivity index (χ0n) is 8.50. The number of hydrogen-bond acceptors (Lipinski definition) is 1. The summed E-state index contributed by atoms with van der Waals surface area (Å²) >= 11 is 0. The first-order valence-corrected chi connectivity index (χ1v) is 5.91. The molecule has 4 aliphatic rings. The van der Waals surface area contributed by atoms with E-state index in [1.54, 1.807) is 12.1 Å². The molecule has 0 saturated heterocycles. The van der Waals surface area contributed by atoms with Crippen LogP contribution in [0.25, 0.3) is 0 Å². The molecule has 0 aromatic carbocycles. The largest absolute Gasteiger partial charge is 0.294 e. The van der Waals surface area contributed by atoms with Gasteiger partial charge in [-0.2, -0.15) is 0 Å². The number of nitrogens with zero attached hydrogens (tertiary/aromatic N) is 1. The predicted octanol–water partition coefficient (Wildman–Crippen LogP) is 2.90. The van der Waals surface area contributed by atoms with Crippen LogP contribution in [-0.2, 0) is 0 Å². The van der Waals surface area contributed by atoms with Gasteiger partial charge < -0.3 is 0 Å². The van der Waals surface area contributed by atoms with Crippen LogP contribution < -0.4 is 0 Å². The van der Waals surface area contributed by atoms with Gasteiger partial charge in [-0.1, -0.05) is 0 Å². The van der Waals surface area contributed by atoms with Crippen molar-refractivity contribution in [3.63, 3.8) is 0 Å². The van der Waals surface area contributed by atoms with E-state index in [9.17, 15) is 0 Å². The second kappa shape index (κ2) is 2.83. The van der Waals surface area contributed by atoms with E-state index < -0.39 is 0 Å². The molecular formula is C12H19N. The number of aliphatic imine (C=N–C) groups is 1. The van der Waals surface area contributed by atoms with Crippen molar-refractivity contribution >= 4 is 5.71 Å². The minimum atomic E-state index is 0.913. The van der Waals surface area contributed by atoms with Gasteiger partial charge >= 0.3 is 0 Å². The first-order valence-electron chi connectivity index (χ1n) is 5.91. The van der Waals surface area contributed by atoms with Crippen LogP contribution in [0.4, 0.5) is 0 Å². The maximum atomic E-state index is 4.74. The van der Waals surface area contributed by atoms with Gasteiger partial charge in [0.1, 0.15) is 0 Å². The maximum absolute atomic E-state index is 4.74. The second-order valence-corrected chi connectivity index (χ2v) is 5.20. The van der Waals surface area contributed by atoms with Crippen molar-refractivity contribution < 1.29 is 0 Å². The fourth-order valence-corrected chi connectivity index (χ4v) is 4.11. The second-order valence-electron chi connectivity index (χ2n) is 5.20. The minimum absolute atomic E-state index is 0.913. The fourth-order valence-electron chi connectivity index (χ4n) is 4.11. The topological polar surface area (TPSA) is 12.4 Å². The van der Waals surface area contributed by atoms with Gasteiger partial charge in [0.2, 0.25) is 0 Å². The molecular weight excluding hydrogens is 158 g/mol. The van der Waals surface area contributed by atoms with Crippen molar-refractivity contribution in [1.29, 1.82) is 0 Å². The van der Waals surface area contributed by atoms with Crippen molar-refractivity contribution in [2.24, 2.45) is 28.7 Å². The van der Waals surface area contributed by atoms with E-state index in [0.29, 0.717) is 0 Å². The Labute approximate surface area is 80.6 Å². The maximum Gasteiger partial charge on any atom is 0.0360 e. The highest BCUT2D eigenvalue weighted by atomic mass is 14.8. The van der Waals surface area contributed by atoms with E-state index in [0.717, 1.165) is 30.2 Å². The summed E-state index contributed by atoms with van der Waals surface area (Å²) in [6, 6.07) is 0. The standard InChI is InChI=1S/C12H19N/c1-2-13-12-10-4-8-3-9(6-10)7-11(12)5-8/h8-11H,2-7H2,1H3. The minimum Gasteiger partial charge on any atom is -0.294 e. The van der Waals surface area contributed by atoms with Crippen LogP contribution in [0.1, 0.15) is 39.0 Å². The Morgan fingerprint density at radius 1 is 1.00 bits per heavy atom. The number of rotatable bonds is 1. The van der Waals surface area contributed by atoms with E-state index in [-0.39, 0.29) is 0 Å². The molecule has 0 aromatic rings. The van der Waals surface area contributed by atoms with Crippen LogP contribution >= 0.6 is 0 Å². The lowest BCUT2D eigenvalue weighted by atomic mass is 9.55. The Morgan fingerprint density at radius 3 is 2.00 bits per heavy atom. The first-order chi connectivity index (χ1) is 6.36. The molecule has 1 nitrogen and oxygen atoms in total. The summed E-state index contributed by atoms with van der Waals surface area (Å²) in [7, 11) is 0. The molecule has 4 fully saturated rings. The molecule has 0 amide bonds. The summed E-state index contributed by atoms with van der Waals surface area (Å²) in [5.74, 6) is 3.99. The molecule has 4 saturated carbocycles. The molecule has 0 heterocycles. The van der Waals surface area contributed by atoms with Gasteiger partial charge in [0.25, 0.3) is 0 Å². The van der Waals surface area contributed by atoms with Crippen molar-refractivity contribution in [1.82, 2.24) is 0 Å². The van der Waals surface area contributed by atoms with Gasteiger partial charge in [0, 0.05) is 12.3 Å². The summed E-state index contributed by atoms with van der Waals surface area (Å²) in [5.41, 5.74) is 1.62. The lowest BCUT2D eigenvalue weighted by Crippen LogP contribution is -2.45. The molecule has 1 heteroatoms. The normalized spacial score (nSPS) is 47.0. The van der Waals surface area contributed by atoms with Crippen LogP contribution in [0, 0.1) is 23.7 Å². The highest BCUT2D eigenvalue weighted by molar-refractivity contribution is 5.90. The predicted molar refractivity (Wildman–Crippen MR) is 55.0 cm³/mol. The van der Waals surface area contributed by atoms with Crippen LogP contribution in [0.2, 0.25) is 0 Å². The van der Waals surface area contributed by atoms with Crippen LogP contribution in [0.5, 0.6) is 0 Å². The van der Waals surface area contributed by atoms with Crippen LogP contribution in [0.15, 0.2) is 4.99 Å². The highest BCUT2D eigenvalue weighted by Crippen LogP contribution is 2.52.